The SMILES string of the molecule is Cc1ccc(-c2n[nH]c(=O)n3nc(-c4cccnc4)nc23)cc1. The number of rotatable bonds is 2. The minimum absolute atomic E-state index is 0.413. The number of benzene rings is 1. The van der Waals surface area contributed by atoms with Crippen molar-refractivity contribution >= 4 is 5.65 Å². The largest absolute Gasteiger partial charge is 0.364 e. The minimum atomic E-state index is -0.432. The molecule has 0 aliphatic carbocycles. The molecule has 23 heavy (non-hydrogen) atoms. The fourth-order valence-electron chi connectivity index (χ4n) is 2.33. The first kappa shape index (κ1) is 13.3. The maximum atomic E-state index is 12.0. The zero-order valence-electron chi connectivity index (χ0n) is 12.3. The fraction of sp³-hybridized carbons (Fsp3) is 0.0625. The lowest BCUT2D eigenvalue weighted by Crippen LogP contribution is -2.19. The summed E-state index contributed by atoms with van der Waals surface area (Å²) in [7, 11) is 0. The van der Waals surface area contributed by atoms with E-state index < -0.39 is 5.69 Å². The Morgan fingerprint density at radius 1 is 1.09 bits per heavy atom. The summed E-state index contributed by atoms with van der Waals surface area (Å²) in [5.74, 6) is 0.435. The van der Waals surface area contributed by atoms with Crippen molar-refractivity contribution in [2.45, 2.75) is 6.92 Å². The third-order valence-corrected chi connectivity index (χ3v) is 3.52. The van der Waals surface area contributed by atoms with E-state index in [4.69, 9.17) is 0 Å². The van der Waals surface area contributed by atoms with Crippen LogP contribution in [0.5, 0.6) is 0 Å². The van der Waals surface area contributed by atoms with Crippen LogP contribution in [0.4, 0.5) is 0 Å². The van der Waals surface area contributed by atoms with Gasteiger partial charge in [-0.25, -0.2) is 14.9 Å². The molecule has 0 radical (unpaired) electrons. The Kier molecular flexibility index (Phi) is 2.97. The Morgan fingerprint density at radius 3 is 2.65 bits per heavy atom. The Morgan fingerprint density at radius 2 is 1.91 bits per heavy atom. The van der Waals surface area contributed by atoms with Crippen molar-refractivity contribution in [3.63, 3.8) is 0 Å². The Hall–Kier alpha value is -3.35. The van der Waals surface area contributed by atoms with Crippen molar-refractivity contribution in [3.05, 3.63) is 64.8 Å². The van der Waals surface area contributed by atoms with Crippen molar-refractivity contribution in [2.75, 3.05) is 0 Å². The highest BCUT2D eigenvalue weighted by atomic mass is 16.1. The van der Waals surface area contributed by atoms with Crippen molar-refractivity contribution in [3.8, 4) is 22.6 Å². The molecule has 1 N–H and O–H groups in total. The van der Waals surface area contributed by atoms with Gasteiger partial charge in [-0.15, -0.1) is 5.10 Å². The van der Waals surface area contributed by atoms with E-state index in [0.29, 0.717) is 17.2 Å². The van der Waals surface area contributed by atoms with Gasteiger partial charge in [-0.05, 0) is 19.1 Å². The predicted molar refractivity (Wildman–Crippen MR) is 84.8 cm³/mol. The van der Waals surface area contributed by atoms with Gasteiger partial charge in [0.2, 0.25) is 0 Å². The second-order valence-electron chi connectivity index (χ2n) is 5.16. The molecular weight excluding hydrogens is 292 g/mol. The number of H-pyrrole nitrogens is 1. The number of pyridine rings is 1. The summed E-state index contributed by atoms with van der Waals surface area (Å²) in [5.41, 5.74) is 3.31. The van der Waals surface area contributed by atoms with E-state index in [1.165, 1.54) is 4.52 Å². The molecule has 0 amide bonds. The number of aromatic nitrogens is 6. The quantitative estimate of drug-likeness (QED) is 0.610. The maximum absolute atomic E-state index is 12.0. The Labute approximate surface area is 130 Å². The van der Waals surface area contributed by atoms with Crippen LogP contribution >= 0.6 is 0 Å². The molecule has 112 valence electrons. The zero-order valence-corrected chi connectivity index (χ0v) is 12.3. The summed E-state index contributed by atoms with van der Waals surface area (Å²) in [6, 6.07) is 11.5. The van der Waals surface area contributed by atoms with Gasteiger partial charge >= 0.3 is 5.69 Å². The van der Waals surface area contributed by atoms with E-state index in [9.17, 15) is 4.79 Å². The molecule has 0 aliphatic heterocycles. The molecule has 7 nitrogen and oxygen atoms in total. The third-order valence-electron chi connectivity index (χ3n) is 3.52. The van der Waals surface area contributed by atoms with Crippen molar-refractivity contribution in [1.29, 1.82) is 0 Å². The molecule has 7 heteroatoms. The van der Waals surface area contributed by atoms with Crippen LogP contribution < -0.4 is 5.69 Å². The van der Waals surface area contributed by atoms with E-state index in [2.05, 4.69) is 25.3 Å². The van der Waals surface area contributed by atoms with Gasteiger partial charge in [0.05, 0.1) is 0 Å². The van der Waals surface area contributed by atoms with Crippen LogP contribution in [0.3, 0.4) is 0 Å². The van der Waals surface area contributed by atoms with Crippen molar-refractivity contribution < 1.29 is 0 Å². The van der Waals surface area contributed by atoms with E-state index in [1.54, 1.807) is 18.5 Å². The Bertz CT molecular complexity index is 1030. The van der Waals surface area contributed by atoms with Crippen molar-refractivity contribution in [2.24, 2.45) is 0 Å². The number of fused-ring (bicyclic) bond motifs is 1. The van der Waals surface area contributed by atoms with Gasteiger partial charge in [-0.3, -0.25) is 4.98 Å². The van der Waals surface area contributed by atoms with Crippen LogP contribution in [0.1, 0.15) is 5.56 Å². The average Bonchev–Trinajstić information content (AvgIpc) is 3.03. The van der Waals surface area contributed by atoms with Crippen LogP contribution in [0.15, 0.2) is 53.6 Å². The van der Waals surface area contributed by atoms with Gasteiger partial charge in [0, 0.05) is 23.5 Å². The van der Waals surface area contributed by atoms with E-state index in [0.717, 1.165) is 16.7 Å². The summed E-state index contributed by atoms with van der Waals surface area (Å²) in [5, 5.41) is 10.9. The molecule has 3 heterocycles. The third kappa shape index (κ3) is 2.28. The van der Waals surface area contributed by atoms with E-state index in [-0.39, 0.29) is 0 Å². The molecule has 0 spiro atoms. The molecule has 0 unspecified atom stereocenters. The summed E-state index contributed by atoms with van der Waals surface area (Å²) >= 11 is 0. The highest BCUT2D eigenvalue weighted by molar-refractivity contribution is 5.74. The van der Waals surface area contributed by atoms with Crippen molar-refractivity contribution in [1.82, 2.24) is 29.8 Å². The predicted octanol–water partition coefficient (Wildman–Crippen LogP) is 1.85. The van der Waals surface area contributed by atoms with E-state index in [1.807, 2.05) is 37.3 Å². The van der Waals surface area contributed by atoms with Gasteiger partial charge < -0.3 is 0 Å². The van der Waals surface area contributed by atoms with Gasteiger partial charge in [0.15, 0.2) is 11.5 Å². The average molecular weight is 304 g/mol. The lowest BCUT2D eigenvalue weighted by molar-refractivity contribution is 0.815. The first-order valence-electron chi connectivity index (χ1n) is 7.05. The van der Waals surface area contributed by atoms with Gasteiger partial charge in [-0.2, -0.15) is 9.61 Å². The van der Waals surface area contributed by atoms with Gasteiger partial charge in [0.25, 0.3) is 0 Å². The number of aromatic amines is 1. The fourth-order valence-corrected chi connectivity index (χ4v) is 2.33. The first-order chi connectivity index (χ1) is 11.2. The normalized spacial score (nSPS) is 11.0. The molecule has 0 saturated heterocycles. The molecule has 0 bridgehead atoms. The lowest BCUT2D eigenvalue weighted by atomic mass is 10.1. The molecule has 0 atom stereocenters. The molecule has 0 fully saturated rings. The molecule has 0 aliphatic rings. The highest BCUT2D eigenvalue weighted by Crippen LogP contribution is 2.22. The topological polar surface area (TPSA) is 88.8 Å². The summed E-state index contributed by atoms with van der Waals surface area (Å²) < 4.78 is 1.23. The number of hydrogen-bond acceptors (Lipinski definition) is 5. The second-order valence-corrected chi connectivity index (χ2v) is 5.16. The molecule has 3 aromatic heterocycles. The highest BCUT2D eigenvalue weighted by Gasteiger charge is 2.15. The molecular formula is C16H12N6O. The molecule has 4 rings (SSSR count). The summed E-state index contributed by atoms with van der Waals surface area (Å²) in [6.07, 6.45) is 3.33. The van der Waals surface area contributed by atoms with E-state index >= 15 is 0 Å². The number of nitrogens with zero attached hydrogens (tertiary/aromatic N) is 5. The Balaban J connectivity index is 1.96. The molecule has 1 aromatic carbocycles. The second kappa shape index (κ2) is 5.13. The number of hydrogen-bond donors (Lipinski definition) is 1. The van der Waals surface area contributed by atoms with Crippen LogP contribution in [0.25, 0.3) is 28.3 Å². The summed E-state index contributed by atoms with van der Waals surface area (Å²) in [6.45, 7) is 2.01. The van der Waals surface area contributed by atoms with Crippen LogP contribution in [-0.4, -0.2) is 29.8 Å². The van der Waals surface area contributed by atoms with Crippen LogP contribution in [0, 0.1) is 6.92 Å². The lowest BCUT2D eigenvalue weighted by Gasteiger charge is -2.01. The first-order valence-corrected chi connectivity index (χ1v) is 7.05. The monoisotopic (exact) mass is 304 g/mol. The molecule has 4 aromatic rings. The van der Waals surface area contributed by atoms with Crippen LogP contribution in [-0.2, 0) is 0 Å². The number of aryl methyl sites for hydroxylation is 1. The number of nitrogens with one attached hydrogen (secondary N) is 1. The standard InChI is InChI=1S/C16H12N6O/c1-10-4-6-11(7-5-10)13-15-18-14(12-3-2-8-17-9-12)21-22(15)16(23)20-19-13/h2-9H,1H3,(H,20,23). The van der Waals surface area contributed by atoms with Crippen LogP contribution in [0.2, 0.25) is 0 Å². The summed E-state index contributed by atoms with van der Waals surface area (Å²) in [4.78, 5) is 20.5. The molecule has 0 saturated carbocycles. The zero-order chi connectivity index (χ0) is 15.8. The smallest absolute Gasteiger partial charge is 0.264 e. The van der Waals surface area contributed by atoms with Gasteiger partial charge in [-0.1, -0.05) is 29.8 Å². The van der Waals surface area contributed by atoms with Gasteiger partial charge in [0.1, 0.15) is 5.69 Å². The minimum Gasteiger partial charge on any atom is -0.264 e. The maximum Gasteiger partial charge on any atom is 0.364 e.